The van der Waals surface area contributed by atoms with E-state index in [9.17, 15) is 5.11 Å². The average Bonchev–Trinajstić information content (AvgIpc) is 2.30. The van der Waals surface area contributed by atoms with Gasteiger partial charge in [-0.2, -0.15) is 0 Å². The van der Waals surface area contributed by atoms with E-state index in [1.807, 2.05) is 32.0 Å². The van der Waals surface area contributed by atoms with Gasteiger partial charge in [0.15, 0.2) is 5.16 Å². The second kappa shape index (κ2) is 5.90. The molecule has 0 aliphatic heterocycles. The summed E-state index contributed by atoms with van der Waals surface area (Å²) in [5.74, 6) is 0. The Hall–Kier alpha value is -1.10. The molecule has 0 saturated heterocycles. The van der Waals surface area contributed by atoms with Crippen molar-refractivity contribution in [3.05, 3.63) is 46.2 Å². The first-order valence-electron chi connectivity index (χ1n) is 5.93. The topological polar surface area (TPSA) is 46.0 Å². The lowest BCUT2D eigenvalue weighted by Gasteiger charge is -2.08. The number of hydrogen-bond donors (Lipinski definition) is 1. The standard InChI is InChI=1S/C14H15ClN2OS/c1-8-6-9(2)17-14(16-8)19-13-5-4-11(10(3)18)7-12(13)15/h4-7,10,18H,1-3H3/t10-/m1/s1. The Morgan fingerprint density at radius 3 is 2.32 bits per heavy atom. The highest BCUT2D eigenvalue weighted by Crippen LogP contribution is 2.33. The maximum absolute atomic E-state index is 9.51. The van der Waals surface area contributed by atoms with Crippen LogP contribution in [0.1, 0.15) is 30.0 Å². The molecule has 0 saturated carbocycles. The Morgan fingerprint density at radius 2 is 1.79 bits per heavy atom. The van der Waals surface area contributed by atoms with Crippen LogP contribution >= 0.6 is 23.4 Å². The zero-order valence-corrected chi connectivity index (χ0v) is 12.6. The fourth-order valence-electron chi connectivity index (χ4n) is 1.70. The van der Waals surface area contributed by atoms with Gasteiger partial charge < -0.3 is 5.11 Å². The lowest BCUT2D eigenvalue weighted by atomic mass is 10.1. The molecule has 0 radical (unpaired) electrons. The van der Waals surface area contributed by atoms with Crippen molar-refractivity contribution in [3.8, 4) is 0 Å². The predicted molar refractivity (Wildman–Crippen MR) is 77.7 cm³/mol. The molecule has 100 valence electrons. The Bertz CT molecular complexity index is 582. The summed E-state index contributed by atoms with van der Waals surface area (Å²) >= 11 is 7.64. The summed E-state index contributed by atoms with van der Waals surface area (Å²) in [6.07, 6.45) is -0.519. The molecule has 19 heavy (non-hydrogen) atoms. The normalized spacial score (nSPS) is 12.5. The van der Waals surface area contributed by atoms with Gasteiger partial charge in [0.1, 0.15) is 0 Å². The summed E-state index contributed by atoms with van der Waals surface area (Å²) in [6, 6.07) is 7.46. The molecule has 2 rings (SSSR count). The van der Waals surface area contributed by atoms with Crippen LogP contribution in [-0.2, 0) is 0 Å². The van der Waals surface area contributed by atoms with Crippen LogP contribution in [0.5, 0.6) is 0 Å². The van der Waals surface area contributed by atoms with Crippen LogP contribution in [0.15, 0.2) is 34.3 Å². The van der Waals surface area contributed by atoms with Crippen molar-refractivity contribution < 1.29 is 5.11 Å². The van der Waals surface area contributed by atoms with Crippen molar-refractivity contribution in [2.24, 2.45) is 0 Å². The van der Waals surface area contributed by atoms with Crippen molar-refractivity contribution >= 4 is 23.4 Å². The van der Waals surface area contributed by atoms with Gasteiger partial charge in [-0.25, -0.2) is 9.97 Å². The number of halogens is 1. The molecule has 0 spiro atoms. The maximum atomic E-state index is 9.51. The highest BCUT2D eigenvalue weighted by Gasteiger charge is 2.09. The Balaban J connectivity index is 2.28. The number of benzene rings is 1. The van der Waals surface area contributed by atoms with Crippen LogP contribution in [0.3, 0.4) is 0 Å². The quantitative estimate of drug-likeness (QED) is 0.871. The number of hydrogen-bond acceptors (Lipinski definition) is 4. The molecule has 0 aliphatic carbocycles. The molecule has 0 aliphatic rings. The summed E-state index contributed by atoms with van der Waals surface area (Å²) in [6.45, 7) is 5.60. The fourth-order valence-corrected chi connectivity index (χ4v) is 2.87. The van der Waals surface area contributed by atoms with Gasteiger partial charge in [0.05, 0.1) is 11.1 Å². The molecule has 1 N–H and O–H groups in total. The molecule has 0 amide bonds. The smallest absolute Gasteiger partial charge is 0.192 e. The Morgan fingerprint density at radius 1 is 1.16 bits per heavy atom. The van der Waals surface area contributed by atoms with Crippen molar-refractivity contribution in [2.45, 2.75) is 36.9 Å². The van der Waals surface area contributed by atoms with E-state index in [1.54, 1.807) is 13.0 Å². The zero-order valence-electron chi connectivity index (χ0n) is 11.0. The third-order valence-electron chi connectivity index (χ3n) is 2.60. The van der Waals surface area contributed by atoms with Crippen LogP contribution in [-0.4, -0.2) is 15.1 Å². The lowest BCUT2D eigenvalue weighted by Crippen LogP contribution is -1.94. The van der Waals surface area contributed by atoms with E-state index in [2.05, 4.69) is 9.97 Å². The van der Waals surface area contributed by atoms with E-state index in [0.717, 1.165) is 21.8 Å². The molecular formula is C14H15ClN2OS. The van der Waals surface area contributed by atoms with Crippen molar-refractivity contribution in [3.63, 3.8) is 0 Å². The summed E-state index contributed by atoms with van der Waals surface area (Å²) < 4.78 is 0. The van der Waals surface area contributed by atoms with Crippen LogP contribution in [0, 0.1) is 13.8 Å². The molecule has 2 aromatic rings. The van der Waals surface area contributed by atoms with Crippen molar-refractivity contribution in [1.29, 1.82) is 0 Å². The lowest BCUT2D eigenvalue weighted by molar-refractivity contribution is 0.199. The number of aryl methyl sites for hydroxylation is 2. The molecular weight excluding hydrogens is 280 g/mol. The van der Waals surface area contributed by atoms with E-state index in [0.29, 0.717) is 10.2 Å². The van der Waals surface area contributed by atoms with Crippen LogP contribution in [0.25, 0.3) is 0 Å². The molecule has 1 heterocycles. The van der Waals surface area contributed by atoms with Gasteiger partial charge in [-0.1, -0.05) is 17.7 Å². The molecule has 0 bridgehead atoms. The van der Waals surface area contributed by atoms with Gasteiger partial charge in [-0.3, -0.25) is 0 Å². The third-order valence-corrected chi connectivity index (χ3v) is 3.97. The van der Waals surface area contributed by atoms with Gasteiger partial charge in [0.2, 0.25) is 0 Å². The first kappa shape index (κ1) is 14.3. The minimum Gasteiger partial charge on any atom is -0.389 e. The number of aromatic nitrogens is 2. The molecule has 5 heteroatoms. The minimum atomic E-state index is -0.519. The molecule has 1 atom stereocenters. The van der Waals surface area contributed by atoms with Gasteiger partial charge >= 0.3 is 0 Å². The van der Waals surface area contributed by atoms with Gasteiger partial charge in [0, 0.05) is 16.3 Å². The average molecular weight is 295 g/mol. The maximum Gasteiger partial charge on any atom is 0.192 e. The highest BCUT2D eigenvalue weighted by molar-refractivity contribution is 7.99. The van der Waals surface area contributed by atoms with E-state index >= 15 is 0 Å². The van der Waals surface area contributed by atoms with Gasteiger partial charge in [-0.05, 0) is 56.3 Å². The molecule has 0 fully saturated rings. The number of aliphatic hydroxyl groups excluding tert-OH is 1. The summed E-state index contributed by atoms with van der Waals surface area (Å²) in [5.41, 5.74) is 2.68. The highest BCUT2D eigenvalue weighted by atomic mass is 35.5. The summed E-state index contributed by atoms with van der Waals surface area (Å²) in [5, 5.41) is 10.8. The molecule has 1 aromatic carbocycles. The Kier molecular flexibility index (Phi) is 4.45. The minimum absolute atomic E-state index is 0.519. The SMILES string of the molecule is Cc1cc(C)nc(Sc2ccc([C@@H](C)O)cc2Cl)n1. The first-order chi connectivity index (χ1) is 8.95. The molecule has 1 aromatic heterocycles. The second-order valence-corrected chi connectivity index (χ2v) is 5.82. The van der Waals surface area contributed by atoms with Gasteiger partial charge in [0.25, 0.3) is 0 Å². The number of rotatable bonds is 3. The van der Waals surface area contributed by atoms with Crippen LogP contribution < -0.4 is 0 Å². The van der Waals surface area contributed by atoms with Crippen LogP contribution in [0.2, 0.25) is 5.02 Å². The first-order valence-corrected chi connectivity index (χ1v) is 7.13. The van der Waals surface area contributed by atoms with E-state index in [-0.39, 0.29) is 0 Å². The van der Waals surface area contributed by atoms with E-state index in [4.69, 9.17) is 11.6 Å². The van der Waals surface area contributed by atoms with Crippen molar-refractivity contribution in [1.82, 2.24) is 9.97 Å². The van der Waals surface area contributed by atoms with E-state index < -0.39 is 6.10 Å². The number of aliphatic hydroxyl groups is 1. The molecule has 0 unspecified atom stereocenters. The molecule has 3 nitrogen and oxygen atoms in total. The largest absolute Gasteiger partial charge is 0.389 e. The predicted octanol–water partition coefficient (Wildman–Crippen LogP) is 3.95. The van der Waals surface area contributed by atoms with Gasteiger partial charge in [-0.15, -0.1) is 0 Å². The Labute approximate surface area is 122 Å². The monoisotopic (exact) mass is 294 g/mol. The van der Waals surface area contributed by atoms with Crippen molar-refractivity contribution in [2.75, 3.05) is 0 Å². The number of nitrogens with zero attached hydrogens (tertiary/aromatic N) is 2. The summed E-state index contributed by atoms with van der Waals surface area (Å²) in [4.78, 5) is 9.63. The third kappa shape index (κ3) is 3.69. The van der Waals surface area contributed by atoms with E-state index in [1.165, 1.54) is 11.8 Å². The summed E-state index contributed by atoms with van der Waals surface area (Å²) in [7, 11) is 0. The fraction of sp³-hybridized carbons (Fsp3) is 0.286. The second-order valence-electron chi connectivity index (χ2n) is 4.40. The van der Waals surface area contributed by atoms with Crippen LogP contribution in [0.4, 0.5) is 0 Å². The zero-order chi connectivity index (χ0) is 14.0.